The molecule has 1 aliphatic rings. The number of carbonyl (C=O) groups is 3. The molecule has 8 nitrogen and oxygen atoms in total. The highest BCUT2D eigenvalue weighted by Gasteiger charge is 2.37. The third kappa shape index (κ3) is 3.72. The van der Waals surface area contributed by atoms with Gasteiger partial charge in [0.15, 0.2) is 0 Å². The summed E-state index contributed by atoms with van der Waals surface area (Å²) in [4.78, 5) is 51.8. The average Bonchev–Trinajstić information content (AvgIpc) is 3.01. The lowest BCUT2D eigenvalue weighted by Crippen LogP contribution is -2.44. The van der Waals surface area contributed by atoms with Gasteiger partial charge in [-0.15, -0.1) is 0 Å². The highest BCUT2D eigenvalue weighted by atomic mass is 35.5. The summed E-state index contributed by atoms with van der Waals surface area (Å²) in [6, 6.07) is 16.9. The molecule has 0 atom stereocenters. The Morgan fingerprint density at radius 2 is 1.66 bits per heavy atom. The third-order valence-corrected chi connectivity index (χ3v) is 5.43. The number of aryl methyl sites for hydroxylation is 1. The van der Waals surface area contributed by atoms with Crippen molar-refractivity contribution < 1.29 is 19.3 Å². The molecule has 3 aromatic carbocycles. The van der Waals surface area contributed by atoms with Crippen molar-refractivity contribution in [3.63, 3.8) is 0 Å². The minimum Gasteiger partial charge on any atom is -0.289 e. The normalized spacial score (nSPS) is 12.6. The fourth-order valence-electron chi connectivity index (χ4n) is 3.50. The molecule has 160 valence electrons. The van der Waals surface area contributed by atoms with Crippen molar-refractivity contribution >= 4 is 40.7 Å². The fourth-order valence-corrected chi connectivity index (χ4v) is 3.76. The maximum Gasteiger partial charge on any atom is 0.270 e. The lowest BCUT2D eigenvalue weighted by Gasteiger charge is -2.27. The SMILES string of the molecule is Cc1cccc(N(CN2C(=O)c3ccccc3C2=O)C(=O)c2ccc([N+](=O)[O-])cc2Cl)c1. The predicted octanol–water partition coefficient (Wildman–Crippen LogP) is 4.46. The van der Waals surface area contributed by atoms with Crippen molar-refractivity contribution in [2.24, 2.45) is 0 Å². The van der Waals surface area contributed by atoms with E-state index in [2.05, 4.69) is 0 Å². The largest absolute Gasteiger partial charge is 0.289 e. The van der Waals surface area contributed by atoms with Crippen molar-refractivity contribution in [3.8, 4) is 0 Å². The monoisotopic (exact) mass is 449 g/mol. The maximum absolute atomic E-state index is 13.5. The van der Waals surface area contributed by atoms with Crippen LogP contribution in [0.2, 0.25) is 5.02 Å². The van der Waals surface area contributed by atoms with E-state index < -0.39 is 22.6 Å². The number of rotatable bonds is 5. The predicted molar refractivity (Wildman–Crippen MR) is 118 cm³/mol. The number of hydrogen-bond acceptors (Lipinski definition) is 5. The molecule has 0 radical (unpaired) electrons. The van der Waals surface area contributed by atoms with E-state index in [1.54, 1.807) is 42.5 Å². The van der Waals surface area contributed by atoms with Crippen molar-refractivity contribution in [2.75, 3.05) is 11.6 Å². The Balaban J connectivity index is 1.74. The topological polar surface area (TPSA) is 101 Å². The highest BCUT2D eigenvalue weighted by Crippen LogP contribution is 2.29. The van der Waals surface area contributed by atoms with Crippen LogP contribution in [0.1, 0.15) is 36.6 Å². The summed E-state index contributed by atoms with van der Waals surface area (Å²) in [5.41, 5.74) is 1.59. The van der Waals surface area contributed by atoms with E-state index in [0.29, 0.717) is 5.69 Å². The molecule has 1 heterocycles. The molecule has 0 aliphatic carbocycles. The van der Waals surface area contributed by atoms with Crippen LogP contribution in [-0.2, 0) is 0 Å². The van der Waals surface area contributed by atoms with Gasteiger partial charge >= 0.3 is 0 Å². The number of nitro benzene ring substituents is 1. The van der Waals surface area contributed by atoms with Crippen LogP contribution in [0.5, 0.6) is 0 Å². The van der Waals surface area contributed by atoms with Gasteiger partial charge in [-0.25, -0.2) is 0 Å². The van der Waals surface area contributed by atoms with Crippen molar-refractivity contribution in [1.82, 2.24) is 4.90 Å². The van der Waals surface area contributed by atoms with Gasteiger partial charge in [0.05, 0.1) is 26.6 Å². The smallest absolute Gasteiger partial charge is 0.270 e. The number of non-ortho nitro benzene ring substituents is 1. The summed E-state index contributed by atoms with van der Waals surface area (Å²) in [7, 11) is 0. The van der Waals surface area contributed by atoms with Gasteiger partial charge in [-0.3, -0.25) is 34.3 Å². The molecule has 1 aliphatic heterocycles. The first-order valence-corrected chi connectivity index (χ1v) is 9.93. The molecule has 32 heavy (non-hydrogen) atoms. The Morgan fingerprint density at radius 3 is 2.22 bits per heavy atom. The Bertz CT molecular complexity index is 1260. The zero-order valence-electron chi connectivity index (χ0n) is 16.8. The molecular weight excluding hydrogens is 434 g/mol. The molecule has 0 saturated carbocycles. The molecule has 0 fully saturated rings. The maximum atomic E-state index is 13.5. The van der Waals surface area contributed by atoms with Crippen LogP contribution in [0.3, 0.4) is 0 Å². The van der Waals surface area contributed by atoms with Crippen LogP contribution in [-0.4, -0.2) is 34.2 Å². The van der Waals surface area contributed by atoms with Gasteiger partial charge < -0.3 is 0 Å². The lowest BCUT2D eigenvalue weighted by atomic mass is 10.1. The average molecular weight is 450 g/mol. The molecule has 0 saturated heterocycles. The van der Waals surface area contributed by atoms with Crippen LogP contribution in [0.4, 0.5) is 11.4 Å². The second-order valence-corrected chi connectivity index (χ2v) is 7.63. The van der Waals surface area contributed by atoms with E-state index in [1.807, 2.05) is 13.0 Å². The summed E-state index contributed by atoms with van der Waals surface area (Å²) >= 11 is 6.18. The van der Waals surface area contributed by atoms with Gasteiger partial charge in [0.25, 0.3) is 23.4 Å². The molecule has 0 aromatic heterocycles. The number of nitrogens with zero attached hydrogens (tertiary/aromatic N) is 3. The van der Waals surface area contributed by atoms with Crippen LogP contribution >= 0.6 is 11.6 Å². The molecule has 3 amide bonds. The summed E-state index contributed by atoms with van der Waals surface area (Å²) < 4.78 is 0. The van der Waals surface area contributed by atoms with Crippen molar-refractivity contribution in [2.45, 2.75) is 6.92 Å². The number of fused-ring (bicyclic) bond motifs is 1. The van der Waals surface area contributed by atoms with Crippen LogP contribution in [0.15, 0.2) is 66.7 Å². The number of nitro groups is 1. The zero-order chi connectivity index (χ0) is 23.0. The number of hydrogen-bond donors (Lipinski definition) is 0. The number of anilines is 1. The molecule has 0 N–H and O–H groups in total. The molecule has 3 aromatic rings. The van der Waals surface area contributed by atoms with E-state index in [1.165, 1.54) is 17.0 Å². The minimum absolute atomic E-state index is 0.00961. The standard InChI is InChI=1S/C23H16ClN3O5/c1-14-5-4-6-15(11-14)25(23(30)19-10-9-16(27(31)32)12-20(19)24)13-26-21(28)17-7-2-3-8-18(17)22(26)29/h2-12H,13H2,1H3. The molecular formula is C23H16ClN3O5. The molecule has 0 spiro atoms. The first kappa shape index (κ1) is 21.2. The molecule has 0 bridgehead atoms. The highest BCUT2D eigenvalue weighted by molar-refractivity contribution is 6.34. The Morgan fingerprint density at radius 1 is 1.00 bits per heavy atom. The molecule has 0 unspecified atom stereocenters. The Hall–Kier alpha value is -4.04. The number of halogens is 1. The number of imide groups is 1. The lowest BCUT2D eigenvalue weighted by molar-refractivity contribution is -0.384. The third-order valence-electron chi connectivity index (χ3n) is 5.11. The first-order chi connectivity index (χ1) is 15.3. The van der Waals surface area contributed by atoms with Gasteiger partial charge in [0.2, 0.25) is 0 Å². The summed E-state index contributed by atoms with van der Waals surface area (Å²) in [6.07, 6.45) is 0. The number of amides is 3. The van der Waals surface area contributed by atoms with Gasteiger partial charge in [-0.2, -0.15) is 0 Å². The summed E-state index contributed by atoms with van der Waals surface area (Å²) in [5, 5.41) is 10.9. The number of benzene rings is 3. The zero-order valence-corrected chi connectivity index (χ0v) is 17.6. The van der Waals surface area contributed by atoms with E-state index in [0.717, 1.165) is 16.5 Å². The van der Waals surface area contributed by atoms with Gasteiger partial charge in [0.1, 0.15) is 6.67 Å². The van der Waals surface area contributed by atoms with Crippen LogP contribution in [0.25, 0.3) is 0 Å². The van der Waals surface area contributed by atoms with Crippen molar-refractivity contribution in [3.05, 3.63) is 104 Å². The Kier molecular flexibility index (Phi) is 5.46. The minimum atomic E-state index is -0.614. The van der Waals surface area contributed by atoms with E-state index >= 15 is 0 Å². The molecule has 9 heteroatoms. The Labute approximate surface area is 187 Å². The number of carbonyl (C=O) groups excluding carboxylic acids is 3. The van der Waals surface area contributed by atoms with Crippen molar-refractivity contribution in [1.29, 1.82) is 0 Å². The summed E-state index contributed by atoms with van der Waals surface area (Å²) in [6.45, 7) is 1.50. The fraction of sp³-hybridized carbons (Fsp3) is 0.0870. The summed E-state index contributed by atoms with van der Waals surface area (Å²) in [5.74, 6) is -1.62. The van der Waals surface area contributed by atoms with Gasteiger partial charge in [-0.1, -0.05) is 35.9 Å². The van der Waals surface area contributed by atoms with Crippen LogP contribution in [0, 0.1) is 17.0 Å². The second-order valence-electron chi connectivity index (χ2n) is 7.22. The van der Waals surface area contributed by atoms with E-state index in [4.69, 9.17) is 11.6 Å². The van der Waals surface area contributed by atoms with Gasteiger partial charge in [0, 0.05) is 17.8 Å². The second kappa shape index (κ2) is 8.24. The molecule has 4 rings (SSSR count). The van der Waals surface area contributed by atoms with E-state index in [9.17, 15) is 24.5 Å². The van der Waals surface area contributed by atoms with Gasteiger partial charge in [-0.05, 0) is 42.8 Å². The quantitative estimate of drug-likeness (QED) is 0.325. The first-order valence-electron chi connectivity index (χ1n) is 9.55. The van der Waals surface area contributed by atoms with Crippen LogP contribution < -0.4 is 4.90 Å². The van der Waals surface area contributed by atoms with E-state index in [-0.39, 0.29) is 34.1 Å².